The zero-order valence-corrected chi connectivity index (χ0v) is 11.9. The summed E-state index contributed by atoms with van der Waals surface area (Å²) in [7, 11) is 0. The molecular weight excluding hydrogens is 236 g/mol. The van der Waals surface area contributed by atoms with E-state index >= 15 is 0 Å². The van der Waals surface area contributed by atoms with Crippen molar-refractivity contribution in [3.05, 3.63) is 35.9 Å². The number of rotatable bonds is 3. The molecule has 3 atom stereocenters. The molecule has 1 aromatic carbocycles. The Bertz CT molecular complexity index is 418. The van der Waals surface area contributed by atoms with Gasteiger partial charge in [0.2, 0.25) is 5.91 Å². The SMILES string of the molecule is CC1CCN(C(=O)C(CN)c2ccccc2)CC1C. The maximum atomic E-state index is 12.6. The zero-order valence-electron chi connectivity index (χ0n) is 11.9. The van der Waals surface area contributed by atoms with E-state index in [4.69, 9.17) is 5.73 Å². The Balaban J connectivity index is 2.09. The first-order chi connectivity index (χ1) is 9.13. The van der Waals surface area contributed by atoms with E-state index < -0.39 is 0 Å². The molecule has 104 valence electrons. The van der Waals surface area contributed by atoms with Crippen LogP contribution >= 0.6 is 0 Å². The summed E-state index contributed by atoms with van der Waals surface area (Å²) >= 11 is 0. The van der Waals surface area contributed by atoms with Crippen LogP contribution in [-0.4, -0.2) is 30.4 Å². The number of carbonyl (C=O) groups excluding carboxylic acids is 1. The van der Waals surface area contributed by atoms with Crippen molar-refractivity contribution in [2.24, 2.45) is 17.6 Å². The molecule has 3 unspecified atom stereocenters. The fourth-order valence-corrected chi connectivity index (χ4v) is 2.75. The van der Waals surface area contributed by atoms with Crippen LogP contribution in [0.15, 0.2) is 30.3 Å². The Labute approximate surface area is 115 Å². The molecule has 1 aliphatic rings. The number of nitrogens with two attached hydrogens (primary N) is 1. The second-order valence-electron chi connectivity index (χ2n) is 5.73. The van der Waals surface area contributed by atoms with Crippen molar-refractivity contribution in [3.8, 4) is 0 Å². The van der Waals surface area contributed by atoms with Crippen LogP contribution in [0.5, 0.6) is 0 Å². The molecule has 1 aromatic rings. The van der Waals surface area contributed by atoms with Gasteiger partial charge >= 0.3 is 0 Å². The minimum atomic E-state index is -0.193. The third-order valence-electron chi connectivity index (χ3n) is 4.38. The van der Waals surface area contributed by atoms with Crippen molar-refractivity contribution in [3.63, 3.8) is 0 Å². The van der Waals surface area contributed by atoms with Crippen molar-refractivity contribution in [1.82, 2.24) is 4.90 Å². The van der Waals surface area contributed by atoms with Crippen LogP contribution in [0, 0.1) is 11.8 Å². The Hall–Kier alpha value is -1.35. The van der Waals surface area contributed by atoms with Crippen LogP contribution in [0.3, 0.4) is 0 Å². The Kier molecular flexibility index (Phi) is 4.59. The summed E-state index contributed by atoms with van der Waals surface area (Å²) in [5.74, 6) is 1.28. The van der Waals surface area contributed by atoms with Crippen LogP contribution in [0.2, 0.25) is 0 Å². The highest BCUT2D eigenvalue weighted by molar-refractivity contribution is 5.84. The predicted molar refractivity (Wildman–Crippen MR) is 77.8 cm³/mol. The zero-order chi connectivity index (χ0) is 13.8. The lowest BCUT2D eigenvalue weighted by atomic mass is 9.87. The molecule has 2 N–H and O–H groups in total. The van der Waals surface area contributed by atoms with E-state index in [2.05, 4.69) is 13.8 Å². The van der Waals surface area contributed by atoms with Crippen LogP contribution in [0.25, 0.3) is 0 Å². The van der Waals surface area contributed by atoms with Crippen LogP contribution in [0.4, 0.5) is 0 Å². The number of hydrogen-bond donors (Lipinski definition) is 1. The minimum Gasteiger partial charge on any atom is -0.342 e. The molecule has 0 spiro atoms. The van der Waals surface area contributed by atoms with E-state index in [0.717, 1.165) is 25.1 Å². The highest BCUT2D eigenvalue weighted by Crippen LogP contribution is 2.25. The lowest BCUT2D eigenvalue weighted by molar-refractivity contribution is -0.135. The van der Waals surface area contributed by atoms with Crippen LogP contribution in [0.1, 0.15) is 31.7 Å². The molecule has 1 fully saturated rings. The molecule has 3 nitrogen and oxygen atoms in total. The molecular formula is C16H24N2O. The lowest BCUT2D eigenvalue weighted by Crippen LogP contribution is -2.45. The van der Waals surface area contributed by atoms with Crippen LogP contribution in [-0.2, 0) is 4.79 Å². The average Bonchev–Trinajstić information content (AvgIpc) is 2.44. The average molecular weight is 260 g/mol. The van der Waals surface area contributed by atoms with Crippen molar-refractivity contribution in [2.45, 2.75) is 26.2 Å². The van der Waals surface area contributed by atoms with Crippen molar-refractivity contribution in [2.75, 3.05) is 19.6 Å². The van der Waals surface area contributed by atoms with E-state index in [-0.39, 0.29) is 11.8 Å². The number of carbonyl (C=O) groups is 1. The lowest BCUT2D eigenvalue weighted by Gasteiger charge is -2.37. The van der Waals surface area contributed by atoms with Gasteiger partial charge in [0.15, 0.2) is 0 Å². The van der Waals surface area contributed by atoms with Crippen molar-refractivity contribution < 1.29 is 4.79 Å². The number of piperidine rings is 1. The number of amides is 1. The fraction of sp³-hybridized carbons (Fsp3) is 0.562. The van der Waals surface area contributed by atoms with Gasteiger partial charge in [-0.15, -0.1) is 0 Å². The van der Waals surface area contributed by atoms with E-state index in [1.54, 1.807) is 0 Å². The maximum absolute atomic E-state index is 12.6. The highest BCUT2D eigenvalue weighted by atomic mass is 16.2. The normalized spacial score (nSPS) is 25.1. The molecule has 0 radical (unpaired) electrons. The summed E-state index contributed by atoms with van der Waals surface area (Å²) < 4.78 is 0. The monoisotopic (exact) mass is 260 g/mol. The highest BCUT2D eigenvalue weighted by Gasteiger charge is 2.30. The van der Waals surface area contributed by atoms with Gasteiger partial charge in [-0.3, -0.25) is 4.79 Å². The minimum absolute atomic E-state index is 0.187. The van der Waals surface area contributed by atoms with Gasteiger partial charge < -0.3 is 10.6 Å². The first-order valence-corrected chi connectivity index (χ1v) is 7.17. The van der Waals surface area contributed by atoms with E-state index in [1.807, 2.05) is 35.2 Å². The molecule has 0 aromatic heterocycles. The molecule has 1 amide bonds. The summed E-state index contributed by atoms with van der Waals surface area (Å²) in [4.78, 5) is 14.6. The number of likely N-dealkylation sites (tertiary alicyclic amines) is 1. The molecule has 1 heterocycles. The number of benzene rings is 1. The first-order valence-electron chi connectivity index (χ1n) is 7.17. The second kappa shape index (κ2) is 6.20. The summed E-state index contributed by atoms with van der Waals surface area (Å²) in [6.45, 7) is 6.61. The van der Waals surface area contributed by atoms with Crippen LogP contribution < -0.4 is 5.73 Å². The molecule has 0 bridgehead atoms. The van der Waals surface area contributed by atoms with Gasteiger partial charge in [0.05, 0.1) is 5.92 Å². The summed E-state index contributed by atoms with van der Waals surface area (Å²) in [5.41, 5.74) is 6.86. The molecule has 2 rings (SSSR count). The fourth-order valence-electron chi connectivity index (χ4n) is 2.75. The molecule has 19 heavy (non-hydrogen) atoms. The summed E-state index contributed by atoms with van der Waals surface area (Å²) in [5, 5.41) is 0. The molecule has 0 aliphatic carbocycles. The topological polar surface area (TPSA) is 46.3 Å². The molecule has 3 heteroatoms. The molecule has 1 saturated heterocycles. The first kappa shape index (κ1) is 14.1. The Morgan fingerprint density at radius 3 is 2.58 bits per heavy atom. The molecule has 1 aliphatic heterocycles. The van der Waals surface area contributed by atoms with Gasteiger partial charge in [-0.05, 0) is 23.8 Å². The smallest absolute Gasteiger partial charge is 0.231 e. The van der Waals surface area contributed by atoms with Crippen molar-refractivity contribution in [1.29, 1.82) is 0 Å². The third-order valence-corrected chi connectivity index (χ3v) is 4.38. The van der Waals surface area contributed by atoms with E-state index in [9.17, 15) is 4.79 Å². The number of nitrogens with zero attached hydrogens (tertiary/aromatic N) is 1. The molecule has 0 saturated carbocycles. The van der Waals surface area contributed by atoms with E-state index in [0.29, 0.717) is 18.4 Å². The summed E-state index contributed by atoms with van der Waals surface area (Å²) in [6, 6.07) is 9.88. The predicted octanol–water partition coefficient (Wildman–Crippen LogP) is 2.23. The standard InChI is InChI=1S/C16H24N2O/c1-12-8-9-18(11-13(12)2)16(19)15(10-17)14-6-4-3-5-7-14/h3-7,12-13,15H,8-11,17H2,1-2H3. The second-order valence-corrected chi connectivity index (χ2v) is 5.73. The van der Waals surface area contributed by atoms with Gasteiger partial charge in [-0.25, -0.2) is 0 Å². The van der Waals surface area contributed by atoms with Gasteiger partial charge in [-0.2, -0.15) is 0 Å². The third kappa shape index (κ3) is 3.16. The van der Waals surface area contributed by atoms with E-state index in [1.165, 1.54) is 0 Å². The van der Waals surface area contributed by atoms with Gasteiger partial charge in [-0.1, -0.05) is 44.2 Å². The summed E-state index contributed by atoms with van der Waals surface area (Å²) in [6.07, 6.45) is 1.10. The van der Waals surface area contributed by atoms with Gasteiger partial charge in [0, 0.05) is 19.6 Å². The maximum Gasteiger partial charge on any atom is 0.231 e. The van der Waals surface area contributed by atoms with Gasteiger partial charge in [0.25, 0.3) is 0 Å². The Morgan fingerprint density at radius 2 is 2.00 bits per heavy atom. The van der Waals surface area contributed by atoms with Gasteiger partial charge in [0.1, 0.15) is 0 Å². The largest absolute Gasteiger partial charge is 0.342 e. The Morgan fingerprint density at radius 1 is 1.32 bits per heavy atom. The number of hydrogen-bond acceptors (Lipinski definition) is 2. The van der Waals surface area contributed by atoms with Crippen molar-refractivity contribution >= 4 is 5.91 Å². The quantitative estimate of drug-likeness (QED) is 0.906.